The molecule has 0 saturated heterocycles. The summed E-state index contributed by atoms with van der Waals surface area (Å²) < 4.78 is 33.0. The number of rotatable bonds is 5. The third-order valence-corrected chi connectivity index (χ3v) is 5.22. The standard InChI is InChI=1S/C14H15N5O2S2/c1-10(2)13-16-14(22-17-13)18-23(20,21)12-6-4-11(5-7-12)19-9-3-8-15-19/h3-10H,1-2H3,(H,16,17,18). The second-order valence-electron chi connectivity index (χ2n) is 5.16. The van der Waals surface area contributed by atoms with Gasteiger partial charge in [0.2, 0.25) is 5.13 Å². The zero-order valence-electron chi connectivity index (χ0n) is 12.5. The highest BCUT2D eigenvalue weighted by Gasteiger charge is 2.17. The highest BCUT2D eigenvalue weighted by molar-refractivity contribution is 7.93. The molecule has 0 radical (unpaired) electrons. The van der Waals surface area contributed by atoms with Crippen LogP contribution in [0.5, 0.6) is 0 Å². The van der Waals surface area contributed by atoms with Crippen molar-refractivity contribution in [1.82, 2.24) is 19.1 Å². The van der Waals surface area contributed by atoms with Crippen LogP contribution in [-0.2, 0) is 10.0 Å². The average molecular weight is 349 g/mol. The highest BCUT2D eigenvalue weighted by Crippen LogP contribution is 2.21. The van der Waals surface area contributed by atoms with Crippen molar-refractivity contribution in [2.45, 2.75) is 24.7 Å². The predicted octanol–water partition coefficient (Wildman–Crippen LogP) is 2.65. The summed E-state index contributed by atoms with van der Waals surface area (Å²) in [7, 11) is -3.68. The lowest BCUT2D eigenvalue weighted by Gasteiger charge is -2.06. The molecule has 1 N–H and O–H groups in total. The summed E-state index contributed by atoms with van der Waals surface area (Å²) in [6.45, 7) is 3.91. The molecule has 0 spiro atoms. The van der Waals surface area contributed by atoms with Crippen LogP contribution < -0.4 is 4.72 Å². The Morgan fingerprint density at radius 1 is 1.22 bits per heavy atom. The van der Waals surface area contributed by atoms with Gasteiger partial charge in [0.15, 0.2) is 0 Å². The van der Waals surface area contributed by atoms with Crippen LogP contribution in [0.4, 0.5) is 5.13 Å². The number of sulfonamides is 1. The molecule has 0 aliphatic heterocycles. The van der Waals surface area contributed by atoms with Gasteiger partial charge in [-0.15, -0.1) is 0 Å². The van der Waals surface area contributed by atoms with Crippen LogP contribution in [0.15, 0.2) is 47.6 Å². The van der Waals surface area contributed by atoms with Gasteiger partial charge in [-0.3, -0.25) is 4.72 Å². The van der Waals surface area contributed by atoms with Gasteiger partial charge < -0.3 is 0 Å². The van der Waals surface area contributed by atoms with Crippen molar-refractivity contribution in [3.05, 3.63) is 48.5 Å². The van der Waals surface area contributed by atoms with Gasteiger partial charge in [0.1, 0.15) is 5.82 Å². The van der Waals surface area contributed by atoms with Gasteiger partial charge in [0, 0.05) is 29.8 Å². The normalized spacial score (nSPS) is 11.8. The summed E-state index contributed by atoms with van der Waals surface area (Å²) in [6.07, 6.45) is 3.45. The molecule has 9 heteroatoms. The SMILES string of the molecule is CC(C)c1nsc(NS(=O)(=O)c2ccc(-n3cccn3)cc2)n1. The second kappa shape index (κ2) is 6.09. The molecule has 23 heavy (non-hydrogen) atoms. The molecule has 2 heterocycles. The molecule has 0 saturated carbocycles. The Balaban J connectivity index is 1.81. The molecule has 0 aliphatic carbocycles. The predicted molar refractivity (Wildman–Crippen MR) is 88.4 cm³/mol. The Morgan fingerprint density at radius 2 is 1.96 bits per heavy atom. The van der Waals surface area contributed by atoms with Gasteiger partial charge in [-0.1, -0.05) is 13.8 Å². The van der Waals surface area contributed by atoms with E-state index in [0.717, 1.165) is 17.2 Å². The van der Waals surface area contributed by atoms with E-state index in [-0.39, 0.29) is 15.9 Å². The Kier molecular flexibility index (Phi) is 4.14. The largest absolute Gasteiger partial charge is 0.263 e. The maximum Gasteiger partial charge on any atom is 0.263 e. The minimum atomic E-state index is -3.68. The highest BCUT2D eigenvalue weighted by atomic mass is 32.2. The van der Waals surface area contributed by atoms with E-state index < -0.39 is 10.0 Å². The lowest BCUT2D eigenvalue weighted by molar-refractivity contribution is 0.601. The van der Waals surface area contributed by atoms with Crippen LogP contribution in [0.1, 0.15) is 25.6 Å². The molecule has 2 aromatic heterocycles. The lowest BCUT2D eigenvalue weighted by Crippen LogP contribution is -2.13. The van der Waals surface area contributed by atoms with E-state index in [9.17, 15) is 8.42 Å². The van der Waals surface area contributed by atoms with E-state index in [0.29, 0.717) is 5.82 Å². The van der Waals surface area contributed by atoms with Crippen molar-refractivity contribution >= 4 is 26.7 Å². The fourth-order valence-electron chi connectivity index (χ4n) is 1.88. The maximum absolute atomic E-state index is 12.4. The first kappa shape index (κ1) is 15.6. The van der Waals surface area contributed by atoms with Crippen molar-refractivity contribution in [1.29, 1.82) is 0 Å². The van der Waals surface area contributed by atoms with Crippen molar-refractivity contribution in [2.24, 2.45) is 0 Å². The molecule has 120 valence electrons. The van der Waals surface area contributed by atoms with Gasteiger partial charge in [0.05, 0.1) is 10.6 Å². The molecular weight excluding hydrogens is 334 g/mol. The molecule has 0 amide bonds. The van der Waals surface area contributed by atoms with Crippen LogP contribution in [0.25, 0.3) is 5.69 Å². The molecule has 1 aromatic carbocycles. The van der Waals surface area contributed by atoms with Gasteiger partial charge in [-0.05, 0) is 30.3 Å². The number of nitrogens with one attached hydrogen (secondary N) is 1. The quantitative estimate of drug-likeness (QED) is 0.765. The van der Waals surface area contributed by atoms with Crippen LogP contribution in [-0.4, -0.2) is 27.6 Å². The Hall–Kier alpha value is -2.26. The number of nitrogens with zero attached hydrogens (tertiary/aromatic N) is 4. The summed E-state index contributed by atoms with van der Waals surface area (Å²) in [5.74, 6) is 0.777. The molecule has 0 aliphatic rings. The van der Waals surface area contributed by atoms with Gasteiger partial charge in [-0.25, -0.2) is 18.1 Å². The van der Waals surface area contributed by atoms with Crippen molar-refractivity contribution in [2.75, 3.05) is 4.72 Å². The minimum absolute atomic E-state index is 0.151. The van der Waals surface area contributed by atoms with Gasteiger partial charge in [0.25, 0.3) is 10.0 Å². The van der Waals surface area contributed by atoms with Crippen molar-refractivity contribution in [3.8, 4) is 5.69 Å². The smallest absolute Gasteiger partial charge is 0.253 e. The van der Waals surface area contributed by atoms with E-state index in [4.69, 9.17) is 0 Å². The topological polar surface area (TPSA) is 89.8 Å². The first-order valence-corrected chi connectivity index (χ1v) is 9.18. The third-order valence-electron chi connectivity index (χ3n) is 3.10. The molecule has 7 nitrogen and oxygen atoms in total. The number of hydrogen-bond donors (Lipinski definition) is 1. The Morgan fingerprint density at radius 3 is 2.52 bits per heavy atom. The monoisotopic (exact) mass is 349 g/mol. The van der Waals surface area contributed by atoms with Crippen molar-refractivity contribution in [3.63, 3.8) is 0 Å². The molecule has 0 atom stereocenters. The molecule has 0 fully saturated rings. The minimum Gasteiger partial charge on any atom is -0.253 e. The number of anilines is 1. The lowest BCUT2D eigenvalue weighted by atomic mass is 10.2. The summed E-state index contributed by atoms with van der Waals surface area (Å²) >= 11 is 1.04. The second-order valence-corrected chi connectivity index (χ2v) is 7.60. The molecule has 3 aromatic rings. The van der Waals surface area contributed by atoms with Crippen LogP contribution in [0.3, 0.4) is 0 Å². The van der Waals surface area contributed by atoms with Crippen LogP contribution in [0.2, 0.25) is 0 Å². The summed E-state index contributed by atoms with van der Waals surface area (Å²) in [5, 5.41) is 4.37. The Bertz CT molecular complexity index is 884. The summed E-state index contributed by atoms with van der Waals surface area (Å²) in [6, 6.07) is 8.25. The van der Waals surface area contributed by atoms with Crippen molar-refractivity contribution < 1.29 is 8.42 Å². The third kappa shape index (κ3) is 3.40. The fourth-order valence-corrected chi connectivity index (χ4v) is 3.82. The van der Waals surface area contributed by atoms with Crippen LogP contribution >= 0.6 is 11.5 Å². The molecule has 0 bridgehead atoms. The zero-order chi connectivity index (χ0) is 16.4. The molecular formula is C14H15N5O2S2. The van der Waals surface area contributed by atoms with Gasteiger partial charge >= 0.3 is 0 Å². The summed E-state index contributed by atoms with van der Waals surface area (Å²) in [5.41, 5.74) is 0.784. The first-order chi connectivity index (χ1) is 11.0. The van der Waals surface area contributed by atoms with Gasteiger partial charge in [-0.2, -0.15) is 9.47 Å². The fraction of sp³-hybridized carbons (Fsp3) is 0.214. The van der Waals surface area contributed by atoms with E-state index >= 15 is 0 Å². The number of aromatic nitrogens is 4. The Labute approximate surface area is 138 Å². The molecule has 3 rings (SSSR count). The van der Waals surface area contributed by atoms with E-state index in [1.807, 2.05) is 13.8 Å². The average Bonchev–Trinajstić information content (AvgIpc) is 3.18. The molecule has 0 unspecified atom stereocenters. The van der Waals surface area contributed by atoms with E-state index in [1.165, 1.54) is 12.1 Å². The number of benzene rings is 1. The zero-order valence-corrected chi connectivity index (χ0v) is 14.2. The van der Waals surface area contributed by atoms with E-state index in [1.54, 1.807) is 35.3 Å². The van der Waals surface area contributed by atoms with E-state index in [2.05, 4.69) is 19.2 Å². The first-order valence-electron chi connectivity index (χ1n) is 6.92. The summed E-state index contributed by atoms with van der Waals surface area (Å²) in [4.78, 5) is 4.34. The van der Waals surface area contributed by atoms with Crippen LogP contribution in [0, 0.1) is 0 Å². The maximum atomic E-state index is 12.4. The number of hydrogen-bond acceptors (Lipinski definition) is 6.